The van der Waals surface area contributed by atoms with Crippen LogP contribution in [-0.4, -0.2) is 0 Å². The summed E-state index contributed by atoms with van der Waals surface area (Å²) in [6, 6.07) is 10.9. The van der Waals surface area contributed by atoms with Gasteiger partial charge in [0, 0.05) is 0 Å². The maximum absolute atomic E-state index is 9.41. The second-order valence-electron chi connectivity index (χ2n) is 4.86. The topological polar surface area (TPSA) is 23.8 Å². The Balaban J connectivity index is 2.22. The first-order valence-electron chi connectivity index (χ1n) is 6.28. The molecule has 1 aliphatic rings. The zero-order valence-corrected chi connectivity index (χ0v) is 9.95. The van der Waals surface area contributed by atoms with Crippen LogP contribution in [0.1, 0.15) is 49.1 Å². The van der Waals surface area contributed by atoms with Gasteiger partial charge in [0.05, 0.1) is 12.0 Å². The number of aryl methyl sites for hydroxylation is 1. The Morgan fingerprint density at radius 3 is 2.50 bits per heavy atom. The van der Waals surface area contributed by atoms with Gasteiger partial charge in [-0.25, -0.2) is 0 Å². The van der Waals surface area contributed by atoms with Crippen molar-refractivity contribution >= 4 is 0 Å². The Morgan fingerprint density at radius 1 is 1.19 bits per heavy atom. The van der Waals surface area contributed by atoms with E-state index in [-0.39, 0.29) is 5.92 Å². The van der Waals surface area contributed by atoms with Crippen molar-refractivity contribution in [3.8, 4) is 6.07 Å². The lowest BCUT2D eigenvalue weighted by Gasteiger charge is -2.26. The molecule has 0 saturated heterocycles. The smallest absolute Gasteiger partial charge is 0.0743 e. The summed E-state index contributed by atoms with van der Waals surface area (Å²) in [7, 11) is 0. The summed E-state index contributed by atoms with van der Waals surface area (Å²) in [5.41, 5.74) is 2.51. The van der Waals surface area contributed by atoms with Crippen LogP contribution < -0.4 is 0 Å². The van der Waals surface area contributed by atoms with Crippen molar-refractivity contribution < 1.29 is 0 Å². The van der Waals surface area contributed by atoms with E-state index in [1.807, 2.05) is 6.07 Å². The first kappa shape index (κ1) is 11.2. The van der Waals surface area contributed by atoms with Crippen LogP contribution in [0.4, 0.5) is 0 Å². The van der Waals surface area contributed by atoms with Gasteiger partial charge in [-0.2, -0.15) is 5.26 Å². The third-order valence-corrected chi connectivity index (χ3v) is 3.78. The monoisotopic (exact) mass is 213 g/mol. The molecule has 2 rings (SSSR count). The van der Waals surface area contributed by atoms with Crippen molar-refractivity contribution in [2.75, 3.05) is 0 Å². The van der Waals surface area contributed by atoms with Gasteiger partial charge in [-0.3, -0.25) is 0 Å². The minimum absolute atomic E-state index is 0.112. The molecule has 0 spiro atoms. The Morgan fingerprint density at radius 2 is 1.88 bits per heavy atom. The molecule has 1 unspecified atom stereocenters. The Kier molecular flexibility index (Phi) is 3.62. The molecule has 0 N–H and O–H groups in total. The standard InChI is InChI=1S/C15H19N/c1-12-7-5-6-10-14(12)15(11-16)13-8-3-2-4-9-13/h5-7,10,13,15H,2-4,8-9H2,1H3. The maximum atomic E-state index is 9.41. The van der Waals surface area contributed by atoms with Gasteiger partial charge < -0.3 is 0 Å². The van der Waals surface area contributed by atoms with Crippen molar-refractivity contribution in [2.24, 2.45) is 5.92 Å². The lowest BCUT2D eigenvalue weighted by Crippen LogP contribution is -2.15. The van der Waals surface area contributed by atoms with Crippen LogP contribution in [0.5, 0.6) is 0 Å². The van der Waals surface area contributed by atoms with E-state index in [9.17, 15) is 5.26 Å². The molecule has 1 nitrogen and oxygen atoms in total. The van der Waals surface area contributed by atoms with Crippen molar-refractivity contribution in [1.82, 2.24) is 0 Å². The molecule has 1 fully saturated rings. The largest absolute Gasteiger partial charge is 0.198 e. The molecular formula is C15H19N. The average molecular weight is 213 g/mol. The van der Waals surface area contributed by atoms with Gasteiger partial charge in [0.25, 0.3) is 0 Å². The first-order chi connectivity index (χ1) is 7.83. The summed E-state index contributed by atoms with van der Waals surface area (Å²) in [5, 5.41) is 9.41. The second-order valence-corrected chi connectivity index (χ2v) is 4.86. The third kappa shape index (κ3) is 2.27. The highest BCUT2D eigenvalue weighted by atomic mass is 14.3. The normalized spacial score (nSPS) is 19.0. The molecule has 0 heterocycles. The van der Waals surface area contributed by atoms with E-state index in [1.165, 1.54) is 43.2 Å². The van der Waals surface area contributed by atoms with Crippen LogP contribution >= 0.6 is 0 Å². The molecule has 1 aromatic carbocycles. The van der Waals surface area contributed by atoms with E-state index in [4.69, 9.17) is 0 Å². The molecule has 0 aromatic heterocycles. The zero-order valence-electron chi connectivity index (χ0n) is 9.95. The van der Waals surface area contributed by atoms with E-state index in [0.29, 0.717) is 5.92 Å². The SMILES string of the molecule is Cc1ccccc1C(C#N)C1CCCCC1. The maximum Gasteiger partial charge on any atom is 0.0743 e. The van der Waals surface area contributed by atoms with Crippen LogP contribution in [0.15, 0.2) is 24.3 Å². The Bertz CT molecular complexity index is 383. The Hall–Kier alpha value is -1.29. The molecule has 0 bridgehead atoms. The van der Waals surface area contributed by atoms with E-state index in [1.54, 1.807) is 0 Å². The highest BCUT2D eigenvalue weighted by Crippen LogP contribution is 2.36. The molecule has 1 saturated carbocycles. The van der Waals surface area contributed by atoms with Gasteiger partial charge in [0.15, 0.2) is 0 Å². The molecule has 0 radical (unpaired) electrons. The van der Waals surface area contributed by atoms with Gasteiger partial charge in [0.2, 0.25) is 0 Å². The van der Waals surface area contributed by atoms with Crippen LogP contribution in [-0.2, 0) is 0 Å². The van der Waals surface area contributed by atoms with Crippen molar-refractivity contribution in [1.29, 1.82) is 5.26 Å². The average Bonchev–Trinajstić information content (AvgIpc) is 2.34. The van der Waals surface area contributed by atoms with Crippen molar-refractivity contribution in [2.45, 2.75) is 44.9 Å². The van der Waals surface area contributed by atoms with E-state index >= 15 is 0 Å². The number of hydrogen-bond donors (Lipinski definition) is 0. The predicted octanol–water partition coefficient (Wildman–Crippen LogP) is 4.18. The summed E-state index contributed by atoms with van der Waals surface area (Å²) in [4.78, 5) is 0. The summed E-state index contributed by atoms with van der Waals surface area (Å²) in [6.07, 6.45) is 6.41. The van der Waals surface area contributed by atoms with Crippen molar-refractivity contribution in [3.63, 3.8) is 0 Å². The predicted molar refractivity (Wildman–Crippen MR) is 66.1 cm³/mol. The Labute approximate surface area is 98.1 Å². The number of benzene rings is 1. The van der Waals surface area contributed by atoms with Gasteiger partial charge >= 0.3 is 0 Å². The summed E-state index contributed by atoms with van der Waals surface area (Å²) in [5.74, 6) is 0.696. The molecule has 1 atom stereocenters. The molecule has 84 valence electrons. The van der Waals surface area contributed by atoms with Crippen LogP contribution in [0.3, 0.4) is 0 Å². The molecule has 1 aromatic rings. The molecule has 0 amide bonds. The van der Waals surface area contributed by atoms with E-state index in [2.05, 4.69) is 31.2 Å². The highest BCUT2D eigenvalue weighted by molar-refractivity contribution is 5.33. The fourth-order valence-corrected chi connectivity index (χ4v) is 2.83. The molecule has 16 heavy (non-hydrogen) atoms. The number of nitriles is 1. The van der Waals surface area contributed by atoms with E-state index in [0.717, 1.165) is 0 Å². The highest BCUT2D eigenvalue weighted by Gasteiger charge is 2.25. The van der Waals surface area contributed by atoms with Gasteiger partial charge in [-0.1, -0.05) is 43.5 Å². The fourth-order valence-electron chi connectivity index (χ4n) is 2.83. The van der Waals surface area contributed by atoms with E-state index < -0.39 is 0 Å². The number of nitrogens with zero attached hydrogens (tertiary/aromatic N) is 1. The molecule has 1 aliphatic carbocycles. The third-order valence-electron chi connectivity index (χ3n) is 3.78. The van der Waals surface area contributed by atoms with Crippen LogP contribution in [0.2, 0.25) is 0 Å². The van der Waals surface area contributed by atoms with Crippen LogP contribution in [0.25, 0.3) is 0 Å². The van der Waals surface area contributed by atoms with Gasteiger partial charge in [-0.05, 0) is 36.8 Å². The van der Waals surface area contributed by atoms with Gasteiger partial charge in [-0.15, -0.1) is 0 Å². The number of hydrogen-bond acceptors (Lipinski definition) is 1. The molecular weight excluding hydrogens is 194 g/mol. The lowest BCUT2D eigenvalue weighted by atomic mass is 9.76. The minimum atomic E-state index is 0.112. The lowest BCUT2D eigenvalue weighted by molar-refractivity contribution is 0.335. The van der Waals surface area contributed by atoms with Gasteiger partial charge in [0.1, 0.15) is 0 Å². The quantitative estimate of drug-likeness (QED) is 0.723. The summed E-state index contributed by atoms with van der Waals surface area (Å²) >= 11 is 0. The molecule has 1 heteroatoms. The zero-order chi connectivity index (χ0) is 11.4. The molecule has 0 aliphatic heterocycles. The van der Waals surface area contributed by atoms with Crippen LogP contribution in [0, 0.1) is 24.2 Å². The fraction of sp³-hybridized carbons (Fsp3) is 0.533. The first-order valence-corrected chi connectivity index (χ1v) is 6.28. The number of rotatable bonds is 2. The second kappa shape index (κ2) is 5.16. The minimum Gasteiger partial charge on any atom is -0.198 e. The van der Waals surface area contributed by atoms with Crippen molar-refractivity contribution in [3.05, 3.63) is 35.4 Å². The summed E-state index contributed by atoms with van der Waals surface area (Å²) < 4.78 is 0. The summed E-state index contributed by atoms with van der Waals surface area (Å²) in [6.45, 7) is 2.11.